The average molecular weight is 369 g/mol. The first kappa shape index (κ1) is 18.2. The van der Waals surface area contributed by atoms with Gasteiger partial charge in [-0.25, -0.2) is 8.42 Å². The number of para-hydroxylation sites is 1. The lowest BCUT2D eigenvalue weighted by Gasteiger charge is -2.24. The van der Waals surface area contributed by atoms with Crippen LogP contribution in [-0.2, 0) is 17.1 Å². The normalized spacial score (nSPS) is 11.5. The number of hydrogen-bond donors (Lipinski definition) is 0. The van der Waals surface area contributed by atoms with Gasteiger partial charge in [-0.2, -0.15) is 5.10 Å². The molecule has 5 nitrogen and oxygen atoms in total. The molecular formula is C20H23N3O2S. The van der Waals surface area contributed by atoms with Crippen LogP contribution in [0.1, 0.15) is 19.8 Å². The Balaban J connectivity index is 2.11. The predicted molar refractivity (Wildman–Crippen MR) is 105 cm³/mol. The van der Waals surface area contributed by atoms with E-state index in [0.717, 1.165) is 18.4 Å². The van der Waals surface area contributed by atoms with Crippen LogP contribution in [0.4, 0.5) is 5.69 Å². The second kappa shape index (κ2) is 7.74. The Bertz CT molecular complexity index is 951. The molecule has 3 aromatic rings. The van der Waals surface area contributed by atoms with Crippen LogP contribution >= 0.6 is 0 Å². The molecule has 0 bridgehead atoms. The molecule has 0 aliphatic heterocycles. The van der Waals surface area contributed by atoms with Gasteiger partial charge in [0.15, 0.2) is 0 Å². The number of anilines is 1. The van der Waals surface area contributed by atoms with Gasteiger partial charge in [0.2, 0.25) is 0 Å². The Morgan fingerprint density at radius 3 is 2.23 bits per heavy atom. The van der Waals surface area contributed by atoms with Crippen molar-refractivity contribution in [1.82, 2.24) is 9.78 Å². The number of aromatic nitrogens is 2. The van der Waals surface area contributed by atoms with E-state index >= 15 is 0 Å². The first-order valence-corrected chi connectivity index (χ1v) is 10.1. The maximum Gasteiger partial charge on any atom is 0.268 e. The van der Waals surface area contributed by atoms with Crippen LogP contribution in [-0.4, -0.2) is 24.7 Å². The minimum Gasteiger partial charge on any atom is -0.274 e. The van der Waals surface area contributed by atoms with Gasteiger partial charge in [-0.15, -0.1) is 0 Å². The fourth-order valence-electron chi connectivity index (χ4n) is 2.85. The topological polar surface area (TPSA) is 55.2 Å². The molecule has 0 radical (unpaired) electrons. The van der Waals surface area contributed by atoms with Crippen molar-refractivity contribution >= 4 is 15.7 Å². The highest BCUT2D eigenvalue weighted by Crippen LogP contribution is 2.31. The highest BCUT2D eigenvalue weighted by atomic mass is 32.2. The Labute approximate surface area is 154 Å². The molecule has 0 aliphatic carbocycles. The first-order chi connectivity index (χ1) is 12.5. The SMILES string of the molecule is CCCCN(c1ccccc1)S(=O)(=O)c1cn(C)nc1-c1ccccc1. The lowest BCUT2D eigenvalue weighted by molar-refractivity contribution is 0.588. The van der Waals surface area contributed by atoms with E-state index in [1.165, 1.54) is 4.31 Å². The van der Waals surface area contributed by atoms with Crippen molar-refractivity contribution in [3.63, 3.8) is 0 Å². The van der Waals surface area contributed by atoms with Crippen LogP contribution in [0.5, 0.6) is 0 Å². The summed E-state index contributed by atoms with van der Waals surface area (Å²) in [5, 5.41) is 4.41. The summed E-state index contributed by atoms with van der Waals surface area (Å²) in [6.45, 7) is 2.49. The summed E-state index contributed by atoms with van der Waals surface area (Å²) >= 11 is 0. The standard InChI is InChI=1S/C20H23N3O2S/c1-3-4-15-23(18-13-9-6-10-14-18)26(24,25)19-16-22(2)21-20(19)17-11-7-5-8-12-17/h5-14,16H,3-4,15H2,1-2H3. The Morgan fingerprint density at radius 2 is 1.62 bits per heavy atom. The van der Waals surface area contributed by atoms with E-state index in [-0.39, 0.29) is 4.90 Å². The fourth-order valence-corrected chi connectivity index (χ4v) is 4.55. The number of benzene rings is 2. The number of hydrogen-bond acceptors (Lipinski definition) is 3. The Morgan fingerprint density at radius 1 is 1.00 bits per heavy atom. The number of aryl methyl sites for hydroxylation is 1. The maximum atomic E-state index is 13.5. The molecule has 0 N–H and O–H groups in total. The zero-order valence-electron chi connectivity index (χ0n) is 15.0. The molecule has 1 heterocycles. The van der Waals surface area contributed by atoms with Crippen molar-refractivity contribution in [3.05, 3.63) is 66.9 Å². The van der Waals surface area contributed by atoms with Crippen LogP contribution in [0.2, 0.25) is 0 Å². The lowest BCUT2D eigenvalue weighted by Crippen LogP contribution is -2.32. The minimum atomic E-state index is -3.73. The van der Waals surface area contributed by atoms with Gasteiger partial charge in [0.05, 0.1) is 5.69 Å². The third kappa shape index (κ3) is 3.65. The highest BCUT2D eigenvalue weighted by molar-refractivity contribution is 7.93. The minimum absolute atomic E-state index is 0.228. The van der Waals surface area contributed by atoms with E-state index in [1.807, 2.05) is 60.7 Å². The highest BCUT2D eigenvalue weighted by Gasteiger charge is 2.29. The van der Waals surface area contributed by atoms with Crippen LogP contribution in [0.3, 0.4) is 0 Å². The fraction of sp³-hybridized carbons (Fsp3) is 0.250. The van der Waals surface area contributed by atoms with Crippen molar-refractivity contribution in [2.75, 3.05) is 10.8 Å². The van der Waals surface area contributed by atoms with Gasteiger partial charge in [-0.05, 0) is 18.6 Å². The molecule has 136 valence electrons. The van der Waals surface area contributed by atoms with Gasteiger partial charge in [-0.1, -0.05) is 61.9 Å². The van der Waals surface area contributed by atoms with Crippen LogP contribution in [0.25, 0.3) is 11.3 Å². The molecule has 0 amide bonds. The monoisotopic (exact) mass is 369 g/mol. The smallest absolute Gasteiger partial charge is 0.268 e. The van der Waals surface area contributed by atoms with E-state index < -0.39 is 10.0 Å². The van der Waals surface area contributed by atoms with Crippen LogP contribution < -0.4 is 4.31 Å². The van der Waals surface area contributed by atoms with Crippen molar-refractivity contribution < 1.29 is 8.42 Å². The zero-order chi connectivity index (χ0) is 18.6. The molecule has 6 heteroatoms. The van der Waals surface area contributed by atoms with E-state index in [9.17, 15) is 8.42 Å². The Kier molecular flexibility index (Phi) is 5.42. The molecule has 0 saturated carbocycles. The molecule has 0 aliphatic rings. The Hall–Kier alpha value is -2.60. The number of sulfonamides is 1. The van der Waals surface area contributed by atoms with Crippen LogP contribution in [0, 0.1) is 0 Å². The molecule has 1 aromatic heterocycles. The second-order valence-corrected chi connectivity index (χ2v) is 7.98. The molecule has 2 aromatic carbocycles. The molecule has 26 heavy (non-hydrogen) atoms. The van der Waals surface area contributed by atoms with Crippen molar-refractivity contribution in [3.8, 4) is 11.3 Å². The van der Waals surface area contributed by atoms with E-state index in [2.05, 4.69) is 12.0 Å². The predicted octanol–water partition coefficient (Wildman–Crippen LogP) is 4.08. The summed E-state index contributed by atoms with van der Waals surface area (Å²) in [7, 11) is -1.99. The number of nitrogens with zero attached hydrogens (tertiary/aromatic N) is 3. The summed E-state index contributed by atoms with van der Waals surface area (Å²) in [5.41, 5.74) is 1.93. The number of rotatable bonds is 7. The summed E-state index contributed by atoms with van der Waals surface area (Å²) in [6, 6.07) is 18.7. The van der Waals surface area contributed by atoms with E-state index in [1.54, 1.807) is 17.9 Å². The first-order valence-electron chi connectivity index (χ1n) is 8.71. The zero-order valence-corrected chi connectivity index (χ0v) is 15.9. The molecule has 3 rings (SSSR count). The van der Waals surface area contributed by atoms with Gasteiger partial charge in [-0.3, -0.25) is 8.99 Å². The van der Waals surface area contributed by atoms with Gasteiger partial charge in [0, 0.05) is 25.4 Å². The van der Waals surface area contributed by atoms with Crippen molar-refractivity contribution in [2.45, 2.75) is 24.7 Å². The molecular weight excluding hydrogens is 346 g/mol. The molecule has 0 fully saturated rings. The largest absolute Gasteiger partial charge is 0.274 e. The van der Waals surface area contributed by atoms with Crippen molar-refractivity contribution in [2.24, 2.45) is 7.05 Å². The van der Waals surface area contributed by atoms with Crippen LogP contribution in [0.15, 0.2) is 71.8 Å². The van der Waals surface area contributed by atoms with Gasteiger partial charge >= 0.3 is 0 Å². The summed E-state index contributed by atoms with van der Waals surface area (Å²) in [4.78, 5) is 0.228. The van der Waals surface area contributed by atoms with Gasteiger partial charge in [0.1, 0.15) is 10.6 Å². The third-order valence-electron chi connectivity index (χ3n) is 4.17. The quantitative estimate of drug-likeness (QED) is 0.630. The molecule has 0 unspecified atom stereocenters. The summed E-state index contributed by atoms with van der Waals surface area (Å²) < 4.78 is 30.1. The summed E-state index contributed by atoms with van der Waals surface area (Å²) in [5.74, 6) is 0. The molecule has 0 spiro atoms. The molecule has 0 saturated heterocycles. The molecule has 0 atom stereocenters. The van der Waals surface area contributed by atoms with Crippen molar-refractivity contribution in [1.29, 1.82) is 0 Å². The maximum absolute atomic E-state index is 13.5. The summed E-state index contributed by atoms with van der Waals surface area (Å²) in [6.07, 6.45) is 3.28. The average Bonchev–Trinajstić information content (AvgIpc) is 3.06. The van der Waals surface area contributed by atoms with Gasteiger partial charge < -0.3 is 0 Å². The third-order valence-corrected chi connectivity index (χ3v) is 6.00. The van der Waals surface area contributed by atoms with E-state index in [4.69, 9.17) is 0 Å². The van der Waals surface area contributed by atoms with Gasteiger partial charge in [0.25, 0.3) is 10.0 Å². The lowest BCUT2D eigenvalue weighted by atomic mass is 10.2. The van der Waals surface area contributed by atoms with E-state index in [0.29, 0.717) is 17.9 Å². The number of unbranched alkanes of at least 4 members (excludes halogenated alkanes) is 1. The second-order valence-electron chi connectivity index (χ2n) is 6.15.